The van der Waals surface area contributed by atoms with Crippen LogP contribution in [0.5, 0.6) is 0 Å². The number of hydrogen-bond donors (Lipinski definition) is 1. The van der Waals surface area contributed by atoms with Crippen LogP contribution in [0, 0.1) is 5.92 Å². The summed E-state index contributed by atoms with van der Waals surface area (Å²) in [5, 5.41) is 6.69. The molecule has 3 atom stereocenters. The van der Waals surface area contributed by atoms with Crippen molar-refractivity contribution in [3.63, 3.8) is 0 Å². The van der Waals surface area contributed by atoms with E-state index in [4.69, 9.17) is 0 Å². The molecule has 2 rings (SSSR count). The Morgan fingerprint density at radius 2 is 2.35 bits per heavy atom. The summed E-state index contributed by atoms with van der Waals surface area (Å²) in [6.45, 7) is 5.82. The quantitative estimate of drug-likeness (QED) is 0.850. The van der Waals surface area contributed by atoms with Crippen LogP contribution in [0.2, 0.25) is 0 Å². The topological polar surface area (TPSA) is 12.0 Å². The maximum atomic E-state index is 3.74. The number of rotatable bonds is 5. The van der Waals surface area contributed by atoms with Gasteiger partial charge in [-0.15, -0.1) is 23.1 Å². The Bertz CT molecular complexity index is 308. The second-order valence-corrected chi connectivity index (χ2v) is 7.55. The maximum Gasteiger partial charge on any atom is 0.0601 e. The van der Waals surface area contributed by atoms with Crippen LogP contribution in [0.25, 0.3) is 0 Å². The first-order valence-corrected chi connectivity index (χ1v) is 8.49. The van der Waals surface area contributed by atoms with Crippen LogP contribution in [0.4, 0.5) is 0 Å². The number of thiophene rings is 1. The lowest BCUT2D eigenvalue weighted by molar-refractivity contribution is 0.317. The molecule has 96 valence electrons. The van der Waals surface area contributed by atoms with Crippen LogP contribution in [0.1, 0.15) is 39.5 Å². The van der Waals surface area contributed by atoms with Crippen molar-refractivity contribution in [2.75, 3.05) is 6.54 Å². The van der Waals surface area contributed by atoms with Crippen LogP contribution >= 0.6 is 23.1 Å². The lowest BCUT2D eigenvalue weighted by Crippen LogP contribution is -2.42. The molecule has 1 heterocycles. The van der Waals surface area contributed by atoms with Gasteiger partial charge in [0.05, 0.1) is 4.21 Å². The summed E-state index contributed by atoms with van der Waals surface area (Å²) >= 11 is 3.97. The molecule has 3 heteroatoms. The molecule has 1 aromatic heterocycles. The van der Waals surface area contributed by atoms with E-state index in [0.29, 0.717) is 0 Å². The third-order valence-electron chi connectivity index (χ3n) is 3.47. The highest BCUT2D eigenvalue weighted by atomic mass is 32.2. The highest BCUT2D eigenvalue weighted by molar-refractivity contribution is 8.01. The Labute approximate surface area is 113 Å². The molecule has 1 nitrogen and oxygen atoms in total. The van der Waals surface area contributed by atoms with E-state index in [2.05, 4.69) is 48.4 Å². The monoisotopic (exact) mass is 269 g/mol. The molecule has 1 N–H and O–H groups in total. The molecule has 0 amide bonds. The minimum absolute atomic E-state index is 0.721. The van der Waals surface area contributed by atoms with Crippen LogP contribution < -0.4 is 5.32 Å². The minimum Gasteiger partial charge on any atom is -0.313 e. The average molecular weight is 269 g/mol. The Kier molecular flexibility index (Phi) is 5.39. The molecule has 0 bridgehead atoms. The SMILES string of the molecule is CCCNC1CCC(C)CC1Sc1cccs1. The summed E-state index contributed by atoms with van der Waals surface area (Å²) in [7, 11) is 0. The van der Waals surface area contributed by atoms with Gasteiger partial charge in [0.15, 0.2) is 0 Å². The molecule has 0 aliphatic heterocycles. The fourth-order valence-corrected chi connectivity index (χ4v) is 4.99. The van der Waals surface area contributed by atoms with Crippen molar-refractivity contribution in [1.82, 2.24) is 5.32 Å². The average Bonchev–Trinajstić information content (AvgIpc) is 2.81. The maximum absolute atomic E-state index is 3.74. The summed E-state index contributed by atoms with van der Waals surface area (Å²) in [6, 6.07) is 5.14. The Morgan fingerprint density at radius 3 is 3.06 bits per heavy atom. The standard InChI is InChI=1S/C14H23NS2/c1-3-8-15-12-7-6-11(2)10-13(12)17-14-5-4-9-16-14/h4-5,9,11-13,15H,3,6-8,10H2,1-2H3. The van der Waals surface area contributed by atoms with E-state index in [9.17, 15) is 0 Å². The van der Waals surface area contributed by atoms with Gasteiger partial charge in [0, 0.05) is 11.3 Å². The van der Waals surface area contributed by atoms with E-state index in [-0.39, 0.29) is 0 Å². The highest BCUT2D eigenvalue weighted by Crippen LogP contribution is 2.38. The van der Waals surface area contributed by atoms with Gasteiger partial charge in [0.1, 0.15) is 0 Å². The Hall–Kier alpha value is 0.01000. The van der Waals surface area contributed by atoms with Crippen molar-refractivity contribution >= 4 is 23.1 Å². The minimum atomic E-state index is 0.721. The number of nitrogens with one attached hydrogen (secondary N) is 1. The van der Waals surface area contributed by atoms with Crippen molar-refractivity contribution in [3.8, 4) is 0 Å². The van der Waals surface area contributed by atoms with E-state index in [1.807, 2.05) is 11.3 Å². The van der Waals surface area contributed by atoms with Crippen molar-refractivity contribution in [2.45, 2.75) is 55.0 Å². The summed E-state index contributed by atoms with van der Waals surface area (Å²) in [6.07, 6.45) is 5.35. The fourth-order valence-electron chi connectivity index (χ4n) is 2.50. The van der Waals surface area contributed by atoms with Crippen LogP contribution in [0.15, 0.2) is 21.7 Å². The van der Waals surface area contributed by atoms with E-state index in [1.165, 1.54) is 36.4 Å². The first kappa shape index (κ1) is 13.4. The molecular formula is C14H23NS2. The van der Waals surface area contributed by atoms with Gasteiger partial charge in [-0.1, -0.05) is 19.9 Å². The predicted octanol–water partition coefficient (Wildman–Crippen LogP) is 4.40. The normalized spacial score (nSPS) is 29.4. The zero-order valence-corrected chi connectivity index (χ0v) is 12.4. The summed E-state index contributed by atoms with van der Waals surface area (Å²) in [5.74, 6) is 0.895. The van der Waals surface area contributed by atoms with Crippen LogP contribution in [0.3, 0.4) is 0 Å². The van der Waals surface area contributed by atoms with E-state index in [0.717, 1.165) is 17.2 Å². The lowest BCUT2D eigenvalue weighted by Gasteiger charge is -2.34. The second-order valence-electron chi connectivity index (χ2n) is 5.07. The zero-order valence-electron chi connectivity index (χ0n) is 10.8. The summed E-state index contributed by atoms with van der Waals surface area (Å²) in [5.41, 5.74) is 0. The summed E-state index contributed by atoms with van der Waals surface area (Å²) < 4.78 is 1.48. The van der Waals surface area contributed by atoms with Gasteiger partial charge in [-0.25, -0.2) is 0 Å². The van der Waals surface area contributed by atoms with Crippen molar-refractivity contribution in [1.29, 1.82) is 0 Å². The molecular weight excluding hydrogens is 246 g/mol. The highest BCUT2D eigenvalue weighted by Gasteiger charge is 2.29. The Balaban J connectivity index is 1.93. The van der Waals surface area contributed by atoms with Crippen molar-refractivity contribution < 1.29 is 0 Å². The third kappa shape index (κ3) is 4.01. The van der Waals surface area contributed by atoms with Crippen LogP contribution in [-0.4, -0.2) is 17.8 Å². The molecule has 0 saturated heterocycles. The summed E-state index contributed by atoms with van der Waals surface area (Å²) in [4.78, 5) is 0. The van der Waals surface area contributed by atoms with Gasteiger partial charge in [0.2, 0.25) is 0 Å². The molecule has 1 saturated carbocycles. The zero-order chi connectivity index (χ0) is 12.1. The van der Waals surface area contributed by atoms with Gasteiger partial charge in [-0.3, -0.25) is 0 Å². The van der Waals surface area contributed by atoms with Gasteiger partial charge < -0.3 is 5.32 Å². The van der Waals surface area contributed by atoms with Gasteiger partial charge in [-0.05, 0) is 49.6 Å². The predicted molar refractivity (Wildman–Crippen MR) is 79.1 cm³/mol. The molecule has 1 aliphatic rings. The van der Waals surface area contributed by atoms with E-state index < -0.39 is 0 Å². The molecule has 0 aromatic carbocycles. The van der Waals surface area contributed by atoms with Crippen LogP contribution in [-0.2, 0) is 0 Å². The Morgan fingerprint density at radius 1 is 1.47 bits per heavy atom. The number of hydrogen-bond acceptors (Lipinski definition) is 3. The fraction of sp³-hybridized carbons (Fsp3) is 0.714. The molecule has 1 fully saturated rings. The first-order valence-electron chi connectivity index (χ1n) is 6.73. The lowest BCUT2D eigenvalue weighted by atomic mass is 9.87. The van der Waals surface area contributed by atoms with E-state index in [1.54, 1.807) is 0 Å². The molecule has 0 spiro atoms. The molecule has 0 radical (unpaired) electrons. The smallest absolute Gasteiger partial charge is 0.0601 e. The van der Waals surface area contributed by atoms with Crippen molar-refractivity contribution in [3.05, 3.63) is 17.5 Å². The van der Waals surface area contributed by atoms with E-state index >= 15 is 0 Å². The van der Waals surface area contributed by atoms with Gasteiger partial charge in [0.25, 0.3) is 0 Å². The first-order chi connectivity index (χ1) is 8.29. The second kappa shape index (κ2) is 6.81. The largest absolute Gasteiger partial charge is 0.313 e. The molecule has 17 heavy (non-hydrogen) atoms. The molecule has 3 unspecified atom stereocenters. The molecule has 1 aromatic rings. The number of thioether (sulfide) groups is 1. The third-order valence-corrected chi connectivity index (χ3v) is 5.90. The van der Waals surface area contributed by atoms with Gasteiger partial charge >= 0.3 is 0 Å². The van der Waals surface area contributed by atoms with Gasteiger partial charge in [-0.2, -0.15) is 0 Å². The van der Waals surface area contributed by atoms with Crippen molar-refractivity contribution in [2.24, 2.45) is 5.92 Å². The molecule has 1 aliphatic carbocycles.